The van der Waals surface area contributed by atoms with E-state index in [1.54, 1.807) is 11.3 Å². The van der Waals surface area contributed by atoms with Crippen molar-refractivity contribution >= 4 is 28.6 Å². The van der Waals surface area contributed by atoms with E-state index in [0.29, 0.717) is 0 Å². The third kappa shape index (κ3) is 3.20. The standard InChI is InChI=1S/C13H15ClN2S/c1-3-13-16-8-10(17-13)7-15-12-5-4-9(2)6-11(12)14/h4-6,8,15H,3,7H2,1-2H3. The number of halogens is 1. The van der Waals surface area contributed by atoms with Gasteiger partial charge in [0.25, 0.3) is 0 Å². The van der Waals surface area contributed by atoms with Crippen LogP contribution in [0.4, 0.5) is 5.69 Å². The Kier molecular flexibility index (Phi) is 4.02. The summed E-state index contributed by atoms with van der Waals surface area (Å²) in [5.41, 5.74) is 2.15. The highest BCUT2D eigenvalue weighted by Crippen LogP contribution is 2.24. The van der Waals surface area contributed by atoms with Gasteiger partial charge in [-0.1, -0.05) is 24.6 Å². The van der Waals surface area contributed by atoms with Crippen LogP contribution in [0.5, 0.6) is 0 Å². The SMILES string of the molecule is CCc1ncc(CNc2ccc(C)cc2Cl)s1. The summed E-state index contributed by atoms with van der Waals surface area (Å²) < 4.78 is 0. The molecule has 1 aromatic heterocycles. The third-order valence-corrected chi connectivity index (χ3v) is 3.94. The minimum atomic E-state index is 0.769. The van der Waals surface area contributed by atoms with Gasteiger partial charge in [-0.2, -0.15) is 0 Å². The summed E-state index contributed by atoms with van der Waals surface area (Å²) in [6.07, 6.45) is 2.93. The van der Waals surface area contributed by atoms with E-state index in [0.717, 1.165) is 23.7 Å². The molecule has 2 aromatic rings. The molecule has 2 nitrogen and oxygen atoms in total. The van der Waals surface area contributed by atoms with E-state index in [1.165, 1.54) is 15.4 Å². The fraction of sp³-hybridized carbons (Fsp3) is 0.308. The lowest BCUT2D eigenvalue weighted by Gasteiger charge is -2.07. The van der Waals surface area contributed by atoms with Crippen LogP contribution in [0, 0.1) is 6.92 Å². The van der Waals surface area contributed by atoms with Crippen molar-refractivity contribution in [2.45, 2.75) is 26.8 Å². The minimum Gasteiger partial charge on any atom is -0.379 e. The Morgan fingerprint density at radius 1 is 1.41 bits per heavy atom. The number of hydrogen-bond donors (Lipinski definition) is 1. The Morgan fingerprint density at radius 3 is 2.88 bits per heavy atom. The largest absolute Gasteiger partial charge is 0.379 e. The topological polar surface area (TPSA) is 24.9 Å². The maximum Gasteiger partial charge on any atom is 0.0925 e. The molecule has 0 saturated carbocycles. The van der Waals surface area contributed by atoms with Crippen LogP contribution in [0.1, 0.15) is 22.4 Å². The first-order chi connectivity index (χ1) is 8.19. The van der Waals surface area contributed by atoms with E-state index in [4.69, 9.17) is 11.6 Å². The van der Waals surface area contributed by atoms with Gasteiger partial charge in [0.15, 0.2) is 0 Å². The highest BCUT2D eigenvalue weighted by molar-refractivity contribution is 7.11. The summed E-state index contributed by atoms with van der Waals surface area (Å²) in [6.45, 7) is 4.93. The third-order valence-electron chi connectivity index (χ3n) is 2.48. The van der Waals surface area contributed by atoms with E-state index < -0.39 is 0 Å². The first kappa shape index (κ1) is 12.4. The average molecular weight is 267 g/mol. The van der Waals surface area contributed by atoms with Crippen molar-refractivity contribution in [2.75, 3.05) is 5.32 Å². The van der Waals surface area contributed by atoms with Crippen LogP contribution in [-0.4, -0.2) is 4.98 Å². The van der Waals surface area contributed by atoms with Gasteiger partial charge in [0, 0.05) is 11.1 Å². The van der Waals surface area contributed by atoms with Crippen LogP contribution in [0.2, 0.25) is 5.02 Å². The summed E-state index contributed by atoms with van der Waals surface area (Å²) in [5.74, 6) is 0. The lowest BCUT2D eigenvalue weighted by atomic mass is 10.2. The number of anilines is 1. The summed E-state index contributed by atoms with van der Waals surface area (Å²) >= 11 is 7.90. The van der Waals surface area contributed by atoms with Crippen LogP contribution in [0.15, 0.2) is 24.4 Å². The first-order valence-corrected chi connectivity index (χ1v) is 6.82. The normalized spacial score (nSPS) is 10.5. The Labute approximate surface area is 111 Å². The van der Waals surface area contributed by atoms with Crippen LogP contribution in [0.25, 0.3) is 0 Å². The van der Waals surface area contributed by atoms with Gasteiger partial charge in [-0.15, -0.1) is 11.3 Å². The van der Waals surface area contributed by atoms with Crippen molar-refractivity contribution in [3.8, 4) is 0 Å². The molecule has 0 radical (unpaired) electrons. The van der Waals surface area contributed by atoms with Gasteiger partial charge in [0.2, 0.25) is 0 Å². The van der Waals surface area contributed by atoms with Gasteiger partial charge < -0.3 is 5.32 Å². The van der Waals surface area contributed by atoms with Crippen LogP contribution in [0.3, 0.4) is 0 Å². The first-order valence-electron chi connectivity index (χ1n) is 5.62. The maximum atomic E-state index is 6.15. The van der Waals surface area contributed by atoms with E-state index >= 15 is 0 Å². The molecule has 0 aliphatic rings. The molecule has 2 rings (SSSR count). The molecular formula is C13H15ClN2S. The lowest BCUT2D eigenvalue weighted by Crippen LogP contribution is -1.98. The summed E-state index contributed by atoms with van der Waals surface area (Å²) in [5, 5.41) is 5.28. The number of nitrogens with one attached hydrogen (secondary N) is 1. The van der Waals surface area contributed by atoms with Gasteiger partial charge in [-0.3, -0.25) is 0 Å². The molecule has 0 bridgehead atoms. The highest BCUT2D eigenvalue weighted by atomic mass is 35.5. The van der Waals surface area contributed by atoms with Crippen LogP contribution in [-0.2, 0) is 13.0 Å². The molecule has 0 aliphatic carbocycles. The van der Waals surface area contributed by atoms with Crippen molar-refractivity contribution in [1.29, 1.82) is 0 Å². The van der Waals surface area contributed by atoms with Gasteiger partial charge >= 0.3 is 0 Å². The summed E-state index contributed by atoms with van der Waals surface area (Å²) in [7, 11) is 0. The summed E-state index contributed by atoms with van der Waals surface area (Å²) in [6, 6.07) is 6.03. The van der Waals surface area contributed by atoms with Gasteiger partial charge in [-0.25, -0.2) is 4.98 Å². The van der Waals surface area contributed by atoms with Crippen LogP contribution < -0.4 is 5.32 Å². The molecule has 0 amide bonds. The number of thiazole rings is 1. The minimum absolute atomic E-state index is 0.769. The van der Waals surface area contributed by atoms with Crippen LogP contribution >= 0.6 is 22.9 Å². The molecule has 1 N–H and O–H groups in total. The van der Waals surface area contributed by atoms with Gasteiger partial charge in [-0.05, 0) is 31.0 Å². The van der Waals surface area contributed by atoms with E-state index in [2.05, 4.69) is 23.3 Å². The van der Waals surface area contributed by atoms with E-state index in [-0.39, 0.29) is 0 Å². The molecule has 0 atom stereocenters. The predicted molar refractivity (Wildman–Crippen MR) is 75.0 cm³/mol. The zero-order valence-electron chi connectivity index (χ0n) is 9.96. The number of nitrogens with zero attached hydrogens (tertiary/aromatic N) is 1. The Hall–Kier alpha value is -1.06. The van der Waals surface area contributed by atoms with Crippen molar-refractivity contribution in [2.24, 2.45) is 0 Å². The zero-order valence-corrected chi connectivity index (χ0v) is 11.5. The lowest BCUT2D eigenvalue weighted by molar-refractivity contribution is 1.09. The monoisotopic (exact) mass is 266 g/mol. The number of hydrogen-bond acceptors (Lipinski definition) is 3. The smallest absolute Gasteiger partial charge is 0.0925 e. The average Bonchev–Trinajstić information content (AvgIpc) is 2.76. The number of benzene rings is 1. The second-order valence-electron chi connectivity index (χ2n) is 3.91. The molecule has 17 heavy (non-hydrogen) atoms. The van der Waals surface area contributed by atoms with Gasteiger partial charge in [0.1, 0.15) is 0 Å². The predicted octanol–water partition coefficient (Wildman–Crippen LogP) is 4.28. The Morgan fingerprint density at radius 2 is 2.24 bits per heavy atom. The molecule has 1 aromatic carbocycles. The Balaban J connectivity index is 2.02. The molecule has 1 heterocycles. The quantitative estimate of drug-likeness (QED) is 0.893. The fourth-order valence-electron chi connectivity index (χ4n) is 1.54. The molecule has 0 spiro atoms. The van der Waals surface area contributed by atoms with Crippen molar-refractivity contribution < 1.29 is 0 Å². The molecular weight excluding hydrogens is 252 g/mol. The molecule has 4 heteroatoms. The van der Waals surface area contributed by atoms with Crippen molar-refractivity contribution in [3.05, 3.63) is 44.9 Å². The number of aromatic nitrogens is 1. The number of aryl methyl sites for hydroxylation is 2. The van der Waals surface area contributed by atoms with Crippen molar-refractivity contribution in [1.82, 2.24) is 4.98 Å². The Bertz CT molecular complexity index is 508. The molecule has 0 fully saturated rings. The molecule has 0 saturated heterocycles. The second kappa shape index (κ2) is 5.52. The van der Waals surface area contributed by atoms with Gasteiger partial charge in [0.05, 0.1) is 22.3 Å². The molecule has 0 unspecified atom stereocenters. The summed E-state index contributed by atoms with van der Waals surface area (Å²) in [4.78, 5) is 5.56. The zero-order chi connectivity index (χ0) is 12.3. The van der Waals surface area contributed by atoms with E-state index in [1.807, 2.05) is 25.3 Å². The number of rotatable bonds is 4. The maximum absolute atomic E-state index is 6.15. The molecule has 0 aliphatic heterocycles. The second-order valence-corrected chi connectivity index (χ2v) is 5.52. The molecule has 90 valence electrons. The van der Waals surface area contributed by atoms with Crippen molar-refractivity contribution in [3.63, 3.8) is 0 Å². The highest BCUT2D eigenvalue weighted by Gasteiger charge is 2.02. The van der Waals surface area contributed by atoms with E-state index in [9.17, 15) is 0 Å². The fourth-order valence-corrected chi connectivity index (χ4v) is 2.64.